The van der Waals surface area contributed by atoms with E-state index in [0.717, 1.165) is 16.5 Å². The number of aliphatic hydroxyl groups excluding tert-OH is 1. The van der Waals surface area contributed by atoms with Crippen molar-refractivity contribution >= 4 is 88.6 Å². The molecule has 1 saturated heterocycles. The van der Waals surface area contributed by atoms with Gasteiger partial charge in [0.2, 0.25) is 59.1 Å². The van der Waals surface area contributed by atoms with Gasteiger partial charge in [0, 0.05) is 48.7 Å². The molecule has 89 heavy (non-hydrogen) atoms. The molecule has 4 aromatic rings. The second-order valence-corrected chi connectivity index (χ2v) is 23.9. The Morgan fingerprint density at radius 3 is 1.71 bits per heavy atom. The number of nitrogens with one attached hydrogen (secondary N) is 9. The average Bonchev–Trinajstić information content (AvgIpc) is 2.97. The molecule has 10 amide bonds. The number of likely N-dealkylation sites (tertiary alicyclic amines) is 1. The lowest BCUT2D eigenvalue weighted by Crippen LogP contribution is -2.62. The summed E-state index contributed by atoms with van der Waals surface area (Å²) in [6, 6.07) is 11.5. The number of para-hydroxylation sites is 1. The largest absolute Gasteiger partial charge is 0.480 e. The predicted molar refractivity (Wildman–Crippen MR) is 336 cm³/mol. The van der Waals surface area contributed by atoms with Crippen molar-refractivity contribution in [1.82, 2.24) is 52.4 Å². The van der Waals surface area contributed by atoms with Crippen LogP contribution in [0.2, 0.25) is 0 Å². The van der Waals surface area contributed by atoms with Crippen LogP contribution in [0.3, 0.4) is 0 Å². The van der Waals surface area contributed by atoms with Gasteiger partial charge in [-0.25, -0.2) is 4.79 Å². The summed E-state index contributed by atoms with van der Waals surface area (Å²) in [5.74, 6) is -10.9. The van der Waals surface area contributed by atoms with E-state index in [1.54, 1.807) is 94.6 Å². The molecule has 0 bridgehead atoms. The fraction of sp³-hybridized carbons (Fsp3) is 0.508. The highest BCUT2D eigenvalue weighted by molar-refractivity contribution is 7.80. The van der Waals surface area contributed by atoms with Gasteiger partial charge in [-0.3, -0.25) is 47.9 Å². The van der Waals surface area contributed by atoms with E-state index in [-0.39, 0.29) is 50.3 Å². The predicted octanol–water partition coefficient (Wildman–Crippen LogP) is 0.801. The monoisotopic (exact) mass is 1250 g/mol. The zero-order valence-corrected chi connectivity index (χ0v) is 52.4. The number of aromatic nitrogens is 1. The van der Waals surface area contributed by atoms with Crippen LogP contribution < -0.4 is 54.0 Å². The first kappa shape index (κ1) is 71.4. The van der Waals surface area contributed by atoms with Crippen molar-refractivity contribution in [3.8, 4) is 0 Å². The lowest BCUT2D eigenvalue weighted by atomic mass is 9.96. The fourth-order valence-corrected chi connectivity index (χ4v) is 10.7. The van der Waals surface area contributed by atoms with Crippen LogP contribution >= 0.6 is 12.6 Å². The third kappa shape index (κ3) is 21.2. The Labute approximate surface area is 523 Å². The summed E-state index contributed by atoms with van der Waals surface area (Å²) >= 11 is 4.33. The zero-order valence-electron chi connectivity index (χ0n) is 51.5. The number of rotatable bonds is 34. The second kappa shape index (κ2) is 34.4. The van der Waals surface area contributed by atoms with E-state index in [2.05, 4.69) is 60.1 Å². The van der Waals surface area contributed by atoms with Gasteiger partial charge in [0.1, 0.15) is 54.4 Å². The van der Waals surface area contributed by atoms with Crippen molar-refractivity contribution in [3.05, 3.63) is 108 Å². The summed E-state index contributed by atoms with van der Waals surface area (Å²) < 4.78 is 0. The van der Waals surface area contributed by atoms with Crippen molar-refractivity contribution in [1.29, 1.82) is 0 Å². The highest BCUT2D eigenvalue weighted by Gasteiger charge is 2.42. The Hall–Kier alpha value is -8.36. The van der Waals surface area contributed by atoms with Crippen molar-refractivity contribution in [3.63, 3.8) is 0 Å². The number of carbonyl (C=O) groups is 11. The summed E-state index contributed by atoms with van der Waals surface area (Å²) in [4.78, 5) is 156. The highest BCUT2D eigenvalue weighted by Crippen LogP contribution is 2.23. The Bertz CT molecular complexity index is 3090. The van der Waals surface area contributed by atoms with Crippen molar-refractivity contribution < 1.29 is 63.0 Å². The van der Waals surface area contributed by atoms with Crippen molar-refractivity contribution in [2.45, 2.75) is 173 Å². The molecular weight excluding hydrogens is 1160 g/mol. The SMILES string of the molecule is CC[C@H](C)[C@H](NC(=O)[C@@H](N)Cc1c[nH]c2ccccc12)C(=O)N[C@H](C(=O)N[C@@H](CCC(N)=O)C(=O)N[C@@H](CS)C(=O)N[C@@H](Cc1ccccc1)C(=O)N[C@@H](CC(C)C)C(=O)N1CCC[C@H]1C(=O)N[C@H](C(=O)N[C@@H](Cc1ccccc1)C(=O)O)C(C)C)[C@@H](C)O. The maximum atomic E-state index is 14.7. The molecule has 1 fully saturated rings. The van der Waals surface area contributed by atoms with E-state index < -0.39 is 156 Å². The van der Waals surface area contributed by atoms with Gasteiger partial charge in [-0.2, -0.15) is 12.6 Å². The Morgan fingerprint density at radius 1 is 0.618 bits per heavy atom. The van der Waals surface area contributed by atoms with Gasteiger partial charge in [-0.1, -0.05) is 127 Å². The van der Waals surface area contributed by atoms with Crippen LogP contribution in [0, 0.1) is 17.8 Å². The Kier molecular flexibility index (Phi) is 27.6. The number of thiol groups is 1. The van der Waals surface area contributed by atoms with Crippen LogP contribution in [0.15, 0.2) is 91.1 Å². The first-order chi connectivity index (χ1) is 42.2. The summed E-state index contributed by atoms with van der Waals surface area (Å²) in [7, 11) is 0. The quantitative estimate of drug-likeness (QED) is 0.0288. The van der Waals surface area contributed by atoms with Crippen LogP contribution in [0.5, 0.6) is 0 Å². The Balaban J connectivity index is 1.29. The number of primary amides is 1. The van der Waals surface area contributed by atoms with E-state index in [4.69, 9.17) is 11.5 Å². The lowest BCUT2D eigenvalue weighted by Gasteiger charge is -2.32. The minimum atomic E-state index is -1.72. The molecule has 12 atom stereocenters. The van der Waals surface area contributed by atoms with E-state index in [1.165, 1.54) is 11.8 Å². The molecule has 15 N–H and O–H groups in total. The molecule has 2 heterocycles. The minimum Gasteiger partial charge on any atom is -0.480 e. The molecule has 1 aromatic heterocycles. The number of aromatic amines is 1. The smallest absolute Gasteiger partial charge is 0.326 e. The van der Waals surface area contributed by atoms with E-state index in [1.807, 2.05) is 38.1 Å². The van der Waals surface area contributed by atoms with Gasteiger partial charge in [0.05, 0.1) is 12.1 Å². The molecule has 3 aromatic carbocycles. The van der Waals surface area contributed by atoms with Crippen LogP contribution in [-0.4, -0.2) is 164 Å². The molecule has 0 saturated carbocycles. The van der Waals surface area contributed by atoms with E-state index >= 15 is 0 Å². The number of amides is 10. The molecule has 5 rings (SSSR count). The second-order valence-electron chi connectivity index (χ2n) is 23.5. The molecule has 25 nitrogen and oxygen atoms in total. The average molecular weight is 1250 g/mol. The van der Waals surface area contributed by atoms with Gasteiger partial charge in [-0.05, 0) is 79.5 Å². The number of hydrogen-bond acceptors (Lipinski definition) is 14. The number of nitrogens with zero attached hydrogens (tertiary/aromatic N) is 1. The number of aliphatic hydroxyl groups is 1. The van der Waals surface area contributed by atoms with Gasteiger partial charge in [-0.15, -0.1) is 0 Å². The van der Waals surface area contributed by atoms with Gasteiger partial charge >= 0.3 is 5.97 Å². The molecule has 26 heteroatoms. The maximum Gasteiger partial charge on any atom is 0.326 e. The lowest BCUT2D eigenvalue weighted by molar-refractivity contribution is -0.144. The van der Waals surface area contributed by atoms with Gasteiger partial charge in [0.25, 0.3) is 0 Å². The standard InChI is InChI=1S/C63H88N12O13S/c1-8-36(6)52(73-54(78)42(64)31-40-32-66-43-23-16-15-22-41(40)43)60(84)74-53(37(7)76)61(85)67-44(25-26-50(65)77)55(79)71-48(33-89)57(81)68-45(29-38-18-11-9-12-19-38)56(80)69-46(28-34(2)3)62(86)75-27-17-24-49(75)58(82)72-51(35(4)5)59(83)70-47(63(87)88)30-39-20-13-10-14-21-39/h9-16,18-23,32,34-37,42,44-49,51-53,66,76,89H,8,17,24-31,33,64H2,1-7H3,(H2,65,77)(H,67,85)(H,68,81)(H,69,80)(H,70,83)(H,71,79)(H,72,82)(H,73,78)(H,74,84)(H,87,88)/t36-,37+,42-,44-,45-,46-,47-,48-,49-,51-,52-,53-/m0/s1. The number of fused-ring (bicyclic) bond motifs is 1. The van der Waals surface area contributed by atoms with E-state index in [9.17, 15) is 63.0 Å². The number of nitrogens with two attached hydrogens (primary N) is 2. The summed E-state index contributed by atoms with van der Waals surface area (Å²) in [6.07, 6.45) is 0.445. The molecule has 484 valence electrons. The van der Waals surface area contributed by atoms with E-state index in [0.29, 0.717) is 24.0 Å². The summed E-state index contributed by atoms with van der Waals surface area (Å²) in [6.45, 7) is 11.9. The number of benzene rings is 3. The van der Waals surface area contributed by atoms with Crippen LogP contribution in [0.25, 0.3) is 10.9 Å². The van der Waals surface area contributed by atoms with Crippen LogP contribution in [0.4, 0.5) is 0 Å². The third-order valence-corrected chi connectivity index (χ3v) is 16.0. The zero-order chi connectivity index (χ0) is 65.6. The molecule has 1 aliphatic heterocycles. The summed E-state index contributed by atoms with van der Waals surface area (Å²) in [5.41, 5.74) is 14.7. The first-order valence-electron chi connectivity index (χ1n) is 30.1. The molecule has 0 aliphatic carbocycles. The molecular formula is C63H88N12O13S. The summed E-state index contributed by atoms with van der Waals surface area (Å²) in [5, 5.41) is 42.7. The van der Waals surface area contributed by atoms with Crippen molar-refractivity contribution in [2.24, 2.45) is 29.2 Å². The normalized spacial score (nSPS) is 16.8. The maximum absolute atomic E-state index is 14.7. The molecule has 1 aliphatic rings. The number of H-pyrrole nitrogens is 1. The Morgan fingerprint density at radius 2 is 1.13 bits per heavy atom. The third-order valence-electron chi connectivity index (χ3n) is 15.7. The first-order valence-corrected chi connectivity index (χ1v) is 30.8. The highest BCUT2D eigenvalue weighted by atomic mass is 32.1. The van der Waals surface area contributed by atoms with Gasteiger partial charge < -0.3 is 74.1 Å². The fourth-order valence-electron chi connectivity index (χ4n) is 10.4. The van der Waals surface area contributed by atoms with Gasteiger partial charge in [0.15, 0.2) is 0 Å². The number of hydrogen-bond donors (Lipinski definition) is 14. The number of aliphatic carboxylic acids is 1. The van der Waals surface area contributed by atoms with Crippen LogP contribution in [0.1, 0.15) is 104 Å². The molecule has 0 spiro atoms. The number of carboxylic acids is 1. The van der Waals surface area contributed by atoms with Crippen LogP contribution in [-0.2, 0) is 72.0 Å². The van der Waals surface area contributed by atoms with Crippen molar-refractivity contribution in [2.75, 3.05) is 12.3 Å². The molecule has 0 unspecified atom stereocenters. The number of carbonyl (C=O) groups excluding carboxylic acids is 10. The topological polar surface area (TPSA) is 396 Å². The minimum absolute atomic E-state index is 0.00708. The molecule has 0 radical (unpaired) electrons. The number of carboxylic acid groups (broad SMARTS) is 1.